The maximum absolute atomic E-state index is 6.22. The first-order valence-electron chi connectivity index (χ1n) is 7.44. The highest BCUT2D eigenvalue weighted by Gasteiger charge is 2.43. The number of ether oxygens (including phenoxy) is 2. The first-order valence-corrected chi connectivity index (χ1v) is 7.81. The second kappa shape index (κ2) is 5.55. The summed E-state index contributed by atoms with van der Waals surface area (Å²) in [7, 11) is 0. The summed E-state index contributed by atoms with van der Waals surface area (Å²) in [5, 5.41) is 0.701. The maximum Gasteiger partial charge on any atom is 0.124 e. The van der Waals surface area contributed by atoms with Gasteiger partial charge in [0.15, 0.2) is 0 Å². The smallest absolute Gasteiger partial charge is 0.124 e. The largest absolute Gasteiger partial charge is 0.490 e. The summed E-state index contributed by atoms with van der Waals surface area (Å²) in [4.78, 5) is 0. The average Bonchev–Trinajstić information content (AvgIpc) is 2.39. The molecule has 3 nitrogen and oxygen atoms in total. The second-order valence-corrected chi connectivity index (χ2v) is 6.52. The fourth-order valence-electron chi connectivity index (χ4n) is 3.16. The zero-order valence-electron chi connectivity index (χ0n) is 11.9. The summed E-state index contributed by atoms with van der Waals surface area (Å²) in [6.45, 7) is 2.75. The van der Waals surface area contributed by atoms with E-state index < -0.39 is 0 Å². The molecule has 4 heteroatoms. The van der Waals surface area contributed by atoms with Gasteiger partial charge in [-0.2, -0.15) is 0 Å². The molecule has 0 aromatic heterocycles. The van der Waals surface area contributed by atoms with Crippen LogP contribution in [-0.2, 0) is 4.74 Å². The number of halogens is 1. The molecule has 1 aliphatic heterocycles. The summed E-state index contributed by atoms with van der Waals surface area (Å²) >= 11 is 6.05. The Morgan fingerprint density at radius 2 is 2.25 bits per heavy atom. The van der Waals surface area contributed by atoms with Gasteiger partial charge in [0.2, 0.25) is 0 Å². The van der Waals surface area contributed by atoms with E-state index in [2.05, 4.69) is 0 Å². The molecule has 20 heavy (non-hydrogen) atoms. The Labute approximate surface area is 125 Å². The average molecular weight is 296 g/mol. The van der Waals surface area contributed by atoms with E-state index in [1.54, 1.807) is 0 Å². The van der Waals surface area contributed by atoms with Crippen LogP contribution in [-0.4, -0.2) is 18.3 Å². The van der Waals surface area contributed by atoms with Crippen LogP contribution in [0.25, 0.3) is 0 Å². The van der Waals surface area contributed by atoms with Gasteiger partial charge in [-0.3, -0.25) is 0 Å². The normalized spacial score (nSPS) is 26.1. The van der Waals surface area contributed by atoms with Gasteiger partial charge in [0, 0.05) is 29.5 Å². The fourth-order valence-corrected chi connectivity index (χ4v) is 3.35. The highest BCUT2D eigenvalue weighted by Crippen LogP contribution is 2.43. The lowest BCUT2D eigenvalue weighted by Crippen LogP contribution is -2.48. The zero-order valence-corrected chi connectivity index (χ0v) is 12.7. The Kier molecular flexibility index (Phi) is 3.93. The van der Waals surface area contributed by atoms with Crippen molar-refractivity contribution in [1.29, 1.82) is 0 Å². The fraction of sp³-hybridized carbons (Fsp3) is 0.625. The second-order valence-electron chi connectivity index (χ2n) is 6.09. The Bertz CT molecular complexity index is 485. The molecule has 1 unspecified atom stereocenters. The third-order valence-electron chi connectivity index (χ3n) is 4.47. The molecule has 0 radical (unpaired) electrons. The first-order chi connectivity index (χ1) is 9.58. The molecule has 1 heterocycles. The van der Waals surface area contributed by atoms with Gasteiger partial charge in [-0.05, 0) is 44.4 Å². The van der Waals surface area contributed by atoms with E-state index in [-0.39, 0.29) is 17.7 Å². The van der Waals surface area contributed by atoms with Gasteiger partial charge in [-0.15, -0.1) is 0 Å². The van der Waals surface area contributed by atoms with Gasteiger partial charge in [0.1, 0.15) is 11.9 Å². The standard InChI is InChI=1S/C16H22ClNO2/c1-11(18)14-9-12(17)3-4-15(14)20-13-5-8-19-16(10-13)6-2-7-16/h3-4,9,11,13H,2,5-8,10,18H2,1H3/t11-,13?/m1/s1. The van der Waals surface area contributed by atoms with Gasteiger partial charge in [-0.25, -0.2) is 0 Å². The number of benzene rings is 1. The Balaban J connectivity index is 1.74. The van der Waals surface area contributed by atoms with Crippen LogP contribution in [0.5, 0.6) is 5.75 Å². The van der Waals surface area contributed by atoms with E-state index in [4.69, 9.17) is 26.8 Å². The van der Waals surface area contributed by atoms with Crippen LogP contribution in [0.2, 0.25) is 5.02 Å². The molecule has 2 N–H and O–H groups in total. The molecule has 1 spiro atoms. The van der Waals surface area contributed by atoms with Gasteiger partial charge in [0.05, 0.1) is 12.2 Å². The van der Waals surface area contributed by atoms with Crippen molar-refractivity contribution in [2.24, 2.45) is 5.73 Å². The van der Waals surface area contributed by atoms with E-state index in [1.807, 2.05) is 25.1 Å². The summed E-state index contributed by atoms with van der Waals surface area (Å²) in [5.41, 5.74) is 7.10. The van der Waals surface area contributed by atoms with Crippen molar-refractivity contribution in [2.75, 3.05) is 6.61 Å². The van der Waals surface area contributed by atoms with Crippen molar-refractivity contribution in [3.05, 3.63) is 28.8 Å². The molecule has 2 atom stereocenters. The molecule has 1 aliphatic carbocycles. The van der Waals surface area contributed by atoms with E-state index in [9.17, 15) is 0 Å². The highest BCUT2D eigenvalue weighted by molar-refractivity contribution is 6.30. The summed E-state index contributed by atoms with van der Waals surface area (Å²) in [5.74, 6) is 0.866. The molecular formula is C16H22ClNO2. The monoisotopic (exact) mass is 295 g/mol. The number of hydrogen-bond acceptors (Lipinski definition) is 3. The summed E-state index contributed by atoms with van der Waals surface area (Å²) < 4.78 is 12.2. The van der Waals surface area contributed by atoms with E-state index in [0.717, 1.165) is 30.8 Å². The van der Waals surface area contributed by atoms with Crippen LogP contribution in [0.3, 0.4) is 0 Å². The van der Waals surface area contributed by atoms with Crippen LogP contribution in [0.15, 0.2) is 18.2 Å². The van der Waals surface area contributed by atoms with E-state index >= 15 is 0 Å². The molecule has 1 aromatic rings. The third-order valence-corrected chi connectivity index (χ3v) is 4.70. The lowest BCUT2D eigenvalue weighted by molar-refractivity contribution is -0.153. The minimum Gasteiger partial charge on any atom is -0.490 e. The number of rotatable bonds is 3. The van der Waals surface area contributed by atoms with Gasteiger partial charge >= 0.3 is 0 Å². The quantitative estimate of drug-likeness (QED) is 0.921. The molecule has 1 aromatic carbocycles. The predicted octanol–water partition coefficient (Wildman–Crippen LogP) is 3.84. The van der Waals surface area contributed by atoms with Crippen LogP contribution >= 0.6 is 11.6 Å². The summed E-state index contributed by atoms with van der Waals surface area (Å²) in [6, 6.07) is 5.62. The predicted molar refractivity (Wildman–Crippen MR) is 80.2 cm³/mol. The number of hydrogen-bond donors (Lipinski definition) is 1. The minimum atomic E-state index is -0.0822. The van der Waals surface area contributed by atoms with E-state index in [1.165, 1.54) is 19.3 Å². The van der Waals surface area contributed by atoms with Crippen LogP contribution in [0.1, 0.15) is 50.6 Å². The molecule has 0 bridgehead atoms. The van der Waals surface area contributed by atoms with Gasteiger partial charge in [0.25, 0.3) is 0 Å². The van der Waals surface area contributed by atoms with Crippen LogP contribution < -0.4 is 10.5 Å². The molecule has 3 rings (SSSR count). The van der Waals surface area contributed by atoms with Gasteiger partial charge < -0.3 is 15.2 Å². The highest BCUT2D eigenvalue weighted by atomic mass is 35.5. The van der Waals surface area contributed by atoms with Crippen LogP contribution in [0, 0.1) is 0 Å². The minimum absolute atomic E-state index is 0.0822. The molecule has 1 saturated carbocycles. The van der Waals surface area contributed by atoms with Crippen molar-refractivity contribution < 1.29 is 9.47 Å². The SMILES string of the molecule is C[C@@H](N)c1cc(Cl)ccc1OC1CCOC2(CCC2)C1. The Morgan fingerprint density at radius 1 is 1.45 bits per heavy atom. The van der Waals surface area contributed by atoms with E-state index in [0.29, 0.717) is 5.02 Å². The topological polar surface area (TPSA) is 44.5 Å². The molecule has 110 valence electrons. The van der Waals surface area contributed by atoms with Crippen molar-refractivity contribution in [2.45, 2.75) is 56.8 Å². The van der Waals surface area contributed by atoms with Gasteiger partial charge in [-0.1, -0.05) is 11.6 Å². The Morgan fingerprint density at radius 3 is 2.90 bits per heavy atom. The third kappa shape index (κ3) is 2.80. The van der Waals surface area contributed by atoms with Crippen LogP contribution in [0.4, 0.5) is 0 Å². The van der Waals surface area contributed by atoms with Crippen molar-refractivity contribution >= 4 is 11.6 Å². The molecular weight excluding hydrogens is 274 g/mol. The lowest BCUT2D eigenvalue weighted by atomic mass is 9.74. The van der Waals surface area contributed by atoms with Crippen molar-refractivity contribution in [3.63, 3.8) is 0 Å². The zero-order chi connectivity index (χ0) is 14.2. The van der Waals surface area contributed by atoms with Crippen molar-refractivity contribution in [3.8, 4) is 5.75 Å². The lowest BCUT2D eigenvalue weighted by Gasteiger charge is -2.47. The first kappa shape index (κ1) is 14.2. The number of nitrogens with two attached hydrogens (primary N) is 1. The molecule has 1 saturated heterocycles. The Hall–Kier alpha value is -0.770. The van der Waals surface area contributed by atoms with Crippen molar-refractivity contribution in [1.82, 2.24) is 0 Å². The molecule has 2 aliphatic rings. The molecule has 0 amide bonds. The molecule has 2 fully saturated rings. The maximum atomic E-state index is 6.22. The summed E-state index contributed by atoms with van der Waals surface area (Å²) in [6.07, 6.45) is 5.79.